The third-order valence-electron chi connectivity index (χ3n) is 3.56. The number of sulfonamides is 2. The molecule has 0 bridgehead atoms. The Hall–Kier alpha value is -2.22. The highest BCUT2D eigenvalue weighted by molar-refractivity contribution is 8.04. The van der Waals surface area contributed by atoms with Gasteiger partial charge >= 0.3 is 6.18 Å². The molecule has 14 heteroatoms. The Balaban J connectivity index is 2.64. The average Bonchev–Trinajstić information content (AvgIpc) is 2.60. The minimum absolute atomic E-state index is 0.280. The molecule has 0 fully saturated rings. The molecular formula is C14H10ClF3N2O6S2. The smallest absolute Gasteiger partial charge is 0.258 e. The number of rotatable bonds is 5. The van der Waals surface area contributed by atoms with Crippen LogP contribution in [0.15, 0.2) is 52.3 Å². The van der Waals surface area contributed by atoms with E-state index in [4.69, 9.17) is 11.6 Å². The third-order valence-corrected chi connectivity index (χ3v) is 8.17. The summed E-state index contributed by atoms with van der Waals surface area (Å²) in [7, 11) is -9.62. The van der Waals surface area contributed by atoms with Crippen molar-refractivity contribution in [2.75, 3.05) is 7.05 Å². The van der Waals surface area contributed by atoms with Crippen LogP contribution in [0, 0.1) is 10.1 Å². The summed E-state index contributed by atoms with van der Waals surface area (Å²) in [6.07, 6.45) is -5.06. The minimum Gasteiger partial charge on any atom is -0.258 e. The van der Waals surface area contributed by atoms with Crippen LogP contribution in [0.3, 0.4) is 0 Å². The van der Waals surface area contributed by atoms with Crippen molar-refractivity contribution < 1.29 is 34.9 Å². The van der Waals surface area contributed by atoms with Crippen LogP contribution >= 0.6 is 11.6 Å². The van der Waals surface area contributed by atoms with Gasteiger partial charge in [-0.05, 0) is 24.3 Å². The third kappa shape index (κ3) is 3.97. The number of benzene rings is 2. The number of nitro groups is 1. The van der Waals surface area contributed by atoms with Gasteiger partial charge in [-0.15, -0.1) is 0 Å². The van der Waals surface area contributed by atoms with E-state index in [0.29, 0.717) is 25.2 Å². The molecule has 152 valence electrons. The first-order chi connectivity index (χ1) is 12.7. The molecule has 2 rings (SSSR count). The molecular weight excluding hydrogens is 449 g/mol. The maximum atomic E-state index is 13.1. The van der Waals surface area contributed by atoms with Gasteiger partial charge in [-0.2, -0.15) is 13.2 Å². The number of nitrogens with zero attached hydrogens (tertiary/aromatic N) is 2. The largest absolute Gasteiger partial charge is 0.417 e. The molecule has 0 amide bonds. The van der Waals surface area contributed by atoms with Crippen LogP contribution in [0.4, 0.5) is 18.9 Å². The molecule has 0 N–H and O–H groups in total. The van der Waals surface area contributed by atoms with Crippen molar-refractivity contribution in [2.24, 2.45) is 0 Å². The summed E-state index contributed by atoms with van der Waals surface area (Å²) in [6.45, 7) is 0. The van der Waals surface area contributed by atoms with Gasteiger partial charge in [0.15, 0.2) is 0 Å². The lowest BCUT2D eigenvalue weighted by Gasteiger charge is -2.20. The minimum atomic E-state index is -5.18. The number of hydrogen-bond acceptors (Lipinski definition) is 6. The highest BCUT2D eigenvalue weighted by Crippen LogP contribution is 2.36. The van der Waals surface area contributed by atoms with Crippen molar-refractivity contribution in [3.8, 4) is 0 Å². The van der Waals surface area contributed by atoms with Crippen molar-refractivity contribution in [1.29, 1.82) is 0 Å². The van der Waals surface area contributed by atoms with Crippen LogP contribution < -0.4 is 0 Å². The lowest BCUT2D eigenvalue weighted by molar-refractivity contribution is -0.384. The van der Waals surface area contributed by atoms with Gasteiger partial charge in [-0.1, -0.05) is 27.4 Å². The maximum Gasteiger partial charge on any atom is 0.417 e. The van der Waals surface area contributed by atoms with Crippen molar-refractivity contribution in [2.45, 2.75) is 16.0 Å². The second-order valence-corrected chi connectivity index (χ2v) is 9.80. The molecule has 0 saturated carbocycles. The fourth-order valence-corrected chi connectivity index (χ4v) is 5.64. The Labute approximate surface area is 162 Å². The molecule has 0 saturated heterocycles. The predicted octanol–water partition coefficient (Wildman–Crippen LogP) is 3.28. The summed E-state index contributed by atoms with van der Waals surface area (Å²) < 4.78 is 89.5. The lowest BCUT2D eigenvalue weighted by atomic mass is 10.2. The fourth-order valence-electron chi connectivity index (χ4n) is 2.13. The van der Waals surface area contributed by atoms with Crippen molar-refractivity contribution in [3.05, 3.63) is 63.2 Å². The van der Waals surface area contributed by atoms with Crippen molar-refractivity contribution in [3.63, 3.8) is 0 Å². The molecule has 28 heavy (non-hydrogen) atoms. The van der Waals surface area contributed by atoms with Gasteiger partial charge < -0.3 is 0 Å². The zero-order valence-electron chi connectivity index (χ0n) is 13.7. The van der Waals surface area contributed by atoms with Crippen molar-refractivity contribution >= 4 is 37.3 Å². The molecule has 0 aliphatic heterocycles. The Kier molecular flexibility index (Phi) is 5.76. The first-order valence-corrected chi connectivity index (χ1v) is 10.3. The van der Waals surface area contributed by atoms with Crippen LogP contribution in [0.25, 0.3) is 0 Å². The van der Waals surface area contributed by atoms with Crippen molar-refractivity contribution in [1.82, 2.24) is 3.71 Å². The topological polar surface area (TPSA) is 115 Å². The van der Waals surface area contributed by atoms with Gasteiger partial charge in [0.05, 0.1) is 20.3 Å². The Morgan fingerprint density at radius 3 is 2.14 bits per heavy atom. The normalized spacial score (nSPS) is 12.9. The zero-order chi connectivity index (χ0) is 21.5. The lowest BCUT2D eigenvalue weighted by Crippen LogP contribution is -2.34. The van der Waals surface area contributed by atoms with E-state index >= 15 is 0 Å². The van der Waals surface area contributed by atoms with E-state index in [0.717, 1.165) is 24.3 Å². The quantitative estimate of drug-likeness (QED) is 0.501. The molecule has 0 spiro atoms. The van der Waals surface area contributed by atoms with E-state index < -0.39 is 57.2 Å². The van der Waals surface area contributed by atoms with Crippen LogP contribution in [-0.2, 0) is 26.2 Å². The van der Waals surface area contributed by atoms with Crippen LogP contribution in [0.1, 0.15) is 5.56 Å². The van der Waals surface area contributed by atoms with Gasteiger partial charge in [-0.3, -0.25) is 10.1 Å². The van der Waals surface area contributed by atoms with E-state index in [2.05, 4.69) is 0 Å². The number of hydrogen-bond donors (Lipinski definition) is 0. The molecule has 0 heterocycles. The van der Waals surface area contributed by atoms with Gasteiger partial charge in [0.25, 0.3) is 25.7 Å². The van der Waals surface area contributed by atoms with E-state index in [1.165, 1.54) is 0 Å². The Morgan fingerprint density at radius 2 is 1.61 bits per heavy atom. The monoisotopic (exact) mass is 458 g/mol. The highest BCUT2D eigenvalue weighted by atomic mass is 35.5. The number of alkyl halides is 3. The second kappa shape index (κ2) is 7.31. The summed E-state index contributed by atoms with van der Waals surface area (Å²) in [5, 5.41) is 10.5. The molecule has 0 radical (unpaired) electrons. The molecule has 2 aromatic rings. The SMILES string of the molecule is CN(S(=O)(=O)c1ccc(Cl)c([N+](=O)[O-])c1)S(=O)(=O)c1ccccc1C(F)(F)F. The molecule has 2 aromatic carbocycles. The van der Waals surface area contributed by atoms with Gasteiger partial charge in [0.1, 0.15) is 5.02 Å². The Morgan fingerprint density at radius 1 is 1.04 bits per heavy atom. The zero-order valence-corrected chi connectivity index (χ0v) is 16.1. The number of nitro benzene ring substituents is 1. The molecule has 0 unspecified atom stereocenters. The van der Waals surface area contributed by atoms with Gasteiger partial charge in [0, 0.05) is 13.1 Å². The predicted molar refractivity (Wildman–Crippen MR) is 91.7 cm³/mol. The van der Waals surface area contributed by atoms with Gasteiger partial charge in [0.2, 0.25) is 0 Å². The summed E-state index contributed by atoms with van der Waals surface area (Å²) >= 11 is 5.58. The maximum absolute atomic E-state index is 13.1. The van der Waals surface area contributed by atoms with E-state index in [-0.39, 0.29) is 3.71 Å². The Bertz CT molecular complexity index is 1150. The molecule has 8 nitrogen and oxygen atoms in total. The van der Waals surface area contributed by atoms with Crippen LogP contribution in [0.5, 0.6) is 0 Å². The number of halogens is 4. The van der Waals surface area contributed by atoms with Gasteiger partial charge in [-0.25, -0.2) is 16.8 Å². The molecule has 0 aromatic heterocycles. The van der Waals surface area contributed by atoms with E-state index in [1.54, 1.807) is 0 Å². The summed E-state index contributed by atoms with van der Waals surface area (Å²) in [6, 6.07) is 5.20. The second-order valence-electron chi connectivity index (χ2n) is 5.25. The summed E-state index contributed by atoms with van der Waals surface area (Å²) in [4.78, 5) is 7.81. The highest BCUT2D eigenvalue weighted by Gasteiger charge is 2.41. The molecule has 0 aliphatic carbocycles. The first-order valence-electron chi connectivity index (χ1n) is 7.05. The summed E-state index contributed by atoms with van der Waals surface area (Å²) in [5.41, 5.74) is -2.37. The van der Waals surface area contributed by atoms with Crippen LogP contribution in [0.2, 0.25) is 5.02 Å². The summed E-state index contributed by atoms with van der Waals surface area (Å²) in [5.74, 6) is 0. The average molecular weight is 459 g/mol. The fraction of sp³-hybridized carbons (Fsp3) is 0.143. The first kappa shape index (κ1) is 22.1. The molecule has 0 aliphatic rings. The van der Waals surface area contributed by atoms with E-state index in [9.17, 15) is 40.1 Å². The standard InChI is InChI=1S/C14H10ClF3N2O6S2/c1-19(27(23,24)9-6-7-11(15)12(8-9)20(21)22)28(25,26)13-5-3-2-4-10(13)14(16,17)18/h2-8H,1H3. The van der Waals surface area contributed by atoms with E-state index in [1.807, 2.05) is 0 Å². The molecule has 0 atom stereocenters. The van der Waals surface area contributed by atoms with Crippen LogP contribution in [-0.4, -0.2) is 32.5 Å².